The van der Waals surface area contributed by atoms with Crippen molar-refractivity contribution in [2.75, 3.05) is 0 Å². The molecule has 0 aromatic carbocycles. The Bertz CT molecular complexity index is 291. The predicted octanol–water partition coefficient (Wildman–Crippen LogP) is -0.0636. The fourth-order valence-corrected chi connectivity index (χ4v) is 1.02. The molecule has 1 rings (SSSR count). The number of primary amides is 1. The maximum absolute atomic E-state index is 10.8. The number of amides is 1. The Morgan fingerprint density at radius 1 is 1.50 bits per heavy atom. The predicted molar refractivity (Wildman–Crippen MR) is 46.4 cm³/mol. The molecule has 1 heterocycles. The van der Waals surface area contributed by atoms with Gasteiger partial charge in [-0.15, -0.1) is 0 Å². The molecule has 1 aliphatic heterocycles. The van der Waals surface area contributed by atoms with Crippen molar-refractivity contribution in [2.24, 2.45) is 5.73 Å². The normalized spacial score (nSPS) is 14.8. The first-order valence-electron chi connectivity index (χ1n) is 3.64. The molecule has 0 aromatic rings. The van der Waals surface area contributed by atoms with Crippen LogP contribution in [0.5, 0.6) is 0 Å². The molecular weight excluding hydrogens is 153 g/mol. The third-order valence-electron chi connectivity index (χ3n) is 1.60. The molecule has 0 spiro atoms. The van der Waals surface area contributed by atoms with Crippen molar-refractivity contribution in [2.45, 2.75) is 13.3 Å². The fraction of sp³-hybridized carbons (Fsp3) is 0.250. The summed E-state index contributed by atoms with van der Waals surface area (Å²) in [6.45, 7) is 1.49. The molecule has 4 heteroatoms. The van der Waals surface area contributed by atoms with Gasteiger partial charge in [-0.3, -0.25) is 9.59 Å². The molecule has 12 heavy (non-hydrogen) atoms. The first-order chi connectivity index (χ1) is 5.59. The van der Waals surface area contributed by atoms with E-state index >= 15 is 0 Å². The Morgan fingerprint density at radius 2 is 2.17 bits per heavy atom. The van der Waals surface area contributed by atoms with Crippen molar-refractivity contribution in [1.29, 1.82) is 0 Å². The number of carbonyl (C=O) groups excluding carboxylic acids is 2. The highest BCUT2D eigenvalue weighted by Crippen LogP contribution is 2.13. The van der Waals surface area contributed by atoms with Gasteiger partial charge in [0.05, 0.1) is 0 Å². The van der Waals surface area contributed by atoms with Crippen LogP contribution in [-0.4, -0.2) is 19.0 Å². The summed E-state index contributed by atoms with van der Waals surface area (Å²) in [6.07, 6.45) is 3.63. The Morgan fingerprint density at radius 3 is 2.58 bits per heavy atom. The number of rotatable bonds is 3. The van der Waals surface area contributed by atoms with Crippen LogP contribution in [-0.2, 0) is 9.59 Å². The maximum atomic E-state index is 10.8. The zero-order valence-electron chi connectivity index (χ0n) is 6.83. The van der Waals surface area contributed by atoms with E-state index in [2.05, 4.69) is 0 Å². The second-order valence-corrected chi connectivity index (χ2v) is 2.71. The van der Waals surface area contributed by atoms with E-state index in [0.717, 1.165) is 5.47 Å². The number of hydrogen-bond donors (Lipinski definition) is 1. The van der Waals surface area contributed by atoms with Crippen molar-refractivity contribution in [1.82, 2.24) is 0 Å². The molecule has 2 N–H and O–H groups in total. The smallest absolute Gasteiger partial charge is 0.220 e. The summed E-state index contributed by atoms with van der Waals surface area (Å²) in [6, 6.07) is 0. The highest BCUT2D eigenvalue weighted by Gasteiger charge is 2.14. The van der Waals surface area contributed by atoms with E-state index in [1.807, 2.05) is 0 Å². The Labute approximate surface area is 71.6 Å². The summed E-state index contributed by atoms with van der Waals surface area (Å²) < 4.78 is 0. The number of hydrogen-bond acceptors (Lipinski definition) is 2. The highest BCUT2D eigenvalue weighted by atomic mass is 16.1. The topological polar surface area (TPSA) is 60.2 Å². The van der Waals surface area contributed by atoms with Crippen LogP contribution in [0.2, 0.25) is 0 Å². The van der Waals surface area contributed by atoms with E-state index in [4.69, 9.17) is 5.73 Å². The maximum Gasteiger partial charge on any atom is 0.220 e. The van der Waals surface area contributed by atoms with E-state index in [1.54, 1.807) is 19.4 Å². The van der Waals surface area contributed by atoms with Crippen LogP contribution in [0.4, 0.5) is 0 Å². The monoisotopic (exact) mass is 162 g/mol. The SMILES string of the molecule is CC(=O)C1=CC=C(CC(N)=O)[B]1. The summed E-state index contributed by atoms with van der Waals surface area (Å²) >= 11 is 0. The second-order valence-electron chi connectivity index (χ2n) is 2.71. The summed E-state index contributed by atoms with van der Waals surface area (Å²) in [7, 11) is 1.69. The molecule has 3 nitrogen and oxygen atoms in total. The molecule has 0 aromatic heterocycles. The minimum absolute atomic E-state index is 0.00530. The van der Waals surface area contributed by atoms with Crippen LogP contribution < -0.4 is 5.73 Å². The second kappa shape index (κ2) is 3.39. The van der Waals surface area contributed by atoms with Crippen molar-refractivity contribution in [3.63, 3.8) is 0 Å². The lowest BCUT2D eigenvalue weighted by Crippen LogP contribution is -2.14. The van der Waals surface area contributed by atoms with E-state index < -0.39 is 0 Å². The molecule has 0 saturated heterocycles. The zero-order valence-corrected chi connectivity index (χ0v) is 6.83. The van der Waals surface area contributed by atoms with Crippen molar-refractivity contribution < 1.29 is 9.59 Å². The molecule has 1 aliphatic rings. The van der Waals surface area contributed by atoms with Gasteiger partial charge in [-0.05, 0) is 12.4 Å². The molecule has 0 saturated carbocycles. The quantitative estimate of drug-likeness (QED) is 0.590. The minimum Gasteiger partial charge on any atom is -0.369 e. The molecule has 1 radical (unpaired) electrons. The van der Waals surface area contributed by atoms with E-state index in [-0.39, 0.29) is 18.1 Å². The van der Waals surface area contributed by atoms with Gasteiger partial charge in [0.1, 0.15) is 5.78 Å². The average Bonchev–Trinajstić information content (AvgIpc) is 2.34. The van der Waals surface area contributed by atoms with Gasteiger partial charge >= 0.3 is 0 Å². The van der Waals surface area contributed by atoms with Crippen LogP contribution in [0, 0.1) is 0 Å². The molecule has 0 unspecified atom stereocenters. The Balaban J connectivity index is 2.50. The molecule has 0 fully saturated rings. The van der Waals surface area contributed by atoms with Gasteiger partial charge in [0.15, 0.2) is 7.28 Å². The van der Waals surface area contributed by atoms with Crippen molar-refractivity contribution in [3.05, 3.63) is 23.1 Å². The summed E-state index contributed by atoms with van der Waals surface area (Å²) in [4.78, 5) is 21.3. The molecule has 61 valence electrons. The number of nitrogens with two attached hydrogens (primary N) is 1. The first-order valence-corrected chi connectivity index (χ1v) is 3.64. The lowest BCUT2D eigenvalue weighted by molar-refractivity contribution is -0.117. The minimum atomic E-state index is -0.379. The highest BCUT2D eigenvalue weighted by molar-refractivity contribution is 6.62. The van der Waals surface area contributed by atoms with Crippen LogP contribution in [0.15, 0.2) is 23.1 Å². The summed E-state index contributed by atoms with van der Waals surface area (Å²) in [5.74, 6) is -0.374. The molecule has 1 amide bonds. The van der Waals surface area contributed by atoms with Gasteiger partial charge in [0.25, 0.3) is 0 Å². The van der Waals surface area contributed by atoms with Crippen LogP contribution in [0.3, 0.4) is 0 Å². The van der Waals surface area contributed by atoms with Gasteiger partial charge in [0.2, 0.25) is 5.91 Å². The number of carbonyl (C=O) groups is 2. The third-order valence-corrected chi connectivity index (χ3v) is 1.60. The van der Waals surface area contributed by atoms with E-state index in [9.17, 15) is 9.59 Å². The number of ketones is 1. The van der Waals surface area contributed by atoms with Gasteiger partial charge in [-0.25, -0.2) is 0 Å². The zero-order chi connectivity index (χ0) is 9.14. The Kier molecular flexibility index (Phi) is 2.48. The van der Waals surface area contributed by atoms with Gasteiger partial charge in [-0.2, -0.15) is 0 Å². The number of Topliss-reactive ketones (excluding diaryl/α,β-unsaturated/α-hetero) is 1. The first kappa shape index (κ1) is 8.78. The average molecular weight is 162 g/mol. The molecular formula is C8H9BNO2. The summed E-state index contributed by atoms with van der Waals surface area (Å²) in [5, 5.41) is 0. The van der Waals surface area contributed by atoms with E-state index in [0.29, 0.717) is 5.47 Å². The molecule has 0 atom stereocenters. The van der Waals surface area contributed by atoms with Crippen molar-refractivity contribution >= 4 is 19.0 Å². The van der Waals surface area contributed by atoms with Crippen LogP contribution in [0.1, 0.15) is 13.3 Å². The van der Waals surface area contributed by atoms with E-state index in [1.165, 1.54) is 6.92 Å². The molecule has 0 aliphatic carbocycles. The molecule has 0 bridgehead atoms. The van der Waals surface area contributed by atoms with Crippen LogP contribution in [0.25, 0.3) is 0 Å². The lowest BCUT2D eigenvalue weighted by Gasteiger charge is -1.97. The third kappa shape index (κ3) is 2.08. The lowest BCUT2D eigenvalue weighted by atomic mass is 9.64. The standard InChI is InChI=1S/C8H9BNO2/c1-5(11)7-3-2-6(9-7)4-8(10)12/h2-3H,4H2,1H3,(H2,10,12). The summed E-state index contributed by atoms with van der Waals surface area (Å²) in [5.41, 5.74) is 6.42. The largest absolute Gasteiger partial charge is 0.369 e. The Hall–Kier alpha value is -1.32. The number of allylic oxidation sites excluding steroid dienone is 3. The van der Waals surface area contributed by atoms with Crippen molar-refractivity contribution in [3.8, 4) is 0 Å². The van der Waals surface area contributed by atoms with Gasteiger partial charge < -0.3 is 5.73 Å². The van der Waals surface area contributed by atoms with Gasteiger partial charge in [-0.1, -0.05) is 17.6 Å². The fourth-order valence-electron chi connectivity index (χ4n) is 1.02. The van der Waals surface area contributed by atoms with Gasteiger partial charge in [0, 0.05) is 6.42 Å². The van der Waals surface area contributed by atoms with Crippen LogP contribution >= 0.6 is 0 Å².